The zero-order valence-corrected chi connectivity index (χ0v) is 22.2. The van der Waals surface area contributed by atoms with Crippen LogP contribution in [0.25, 0.3) is 0 Å². The van der Waals surface area contributed by atoms with Crippen LogP contribution in [-0.2, 0) is 4.79 Å². The molecule has 0 radical (unpaired) electrons. The highest BCUT2D eigenvalue weighted by molar-refractivity contribution is 5.86. The van der Waals surface area contributed by atoms with Gasteiger partial charge in [-0.05, 0) is 111 Å². The third-order valence-electron chi connectivity index (χ3n) is 13.3. The monoisotopic (exact) mass is 469 g/mol. The van der Waals surface area contributed by atoms with Crippen LogP contribution in [0.15, 0.2) is 17.3 Å². The zero-order chi connectivity index (χ0) is 24.7. The summed E-state index contributed by atoms with van der Waals surface area (Å²) in [6, 6.07) is 0. The molecule has 190 valence electrons. The second-order valence-electron chi connectivity index (χ2n) is 14.2. The summed E-state index contributed by atoms with van der Waals surface area (Å²) in [5, 5.41) is 23.6. The van der Waals surface area contributed by atoms with Crippen molar-refractivity contribution in [3.8, 4) is 0 Å². The maximum atomic E-state index is 13.0. The predicted molar refractivity (Wildman–Crippen MR) is 136 cm³/mol. The smallest absolute Gasteiger partial charge is 0.141 e. The Morgan fingerprint density at radius 3 is 2.38 bits per heavy atom. The second-order valence-corrected chi connectivity index (χ2v) is 14.2. The lowest BCUT2D eigenvalue weighted by Gasteiger charge is -2.72. The van der Waals surface area contributed by atoms with Crippen LogP contribution < -0.4 is 0 Å². The van der Waals surface area contributed by atoms with Gasteiger partial charge in [-0.25, -0.2) is 0 Å². The van der Waals surface area contributed by atoms with Gasteiger partial charge in [-0.3, -0.25) is 4.79 Å². The molecule has 5 saturated carbocycles. The molecule has 0 spiro atoms. The Bertz CT molecular complexity index is 913. The Kier molecular flexibility index (Phi) is 5.53. The normalized spacial score (nSPS) is 54.8. The Morgan fingerprint density at radius 2 is 1.74 bits per heavy atom. The molecule has 4 nitrogen and oxygen atoms in total. The second kappa shape index (κ2) is 7.67. The molecule has 0 saturated heterocycles. The Labute approximate surface area is 206 Å². The maximum absolute atomic E-state index is 13.0. The van der Waals surface area contributed by atoms with E-state index < -0.39 is 5.41 Å². The van der Waals surface area contributed by atoms with Crippen LogP contribution in [0.1, 0.15) is 98.8 Å². The van der Waals surface area contributed by atoms with Crippen LogP contribution in [0, 0.1) is 56.7 Å². The topological polar surface area (TPSA) is 69.9 Å². The molecule has 0 aromatic carbocycles. The van der Waals surface area contributed by atoms with Gasteiger partial charge in [0.05, 0.1) is 18.2 Å². The van der Waals surface area contributed by atoms with Gasteiger partial charge in [0.2, 0.25) is 0 Å². The first-order chi connectivity index (χ1) is 15.9. The standard InChI is InChI=1S/C30H47NO3/c1-19(2)20-9-14-30(17-31-34)16-15-28(5)21(25(20)30)7-8-23-26(3)12-11-24(33)27(4,18-32)22(26)10-13-29(23,28)6/h17,20-23,25,32,34H,1,7-16,18H2,2-6H3/b31-17+/t20-,21?,22+,23+,25+,26-,27-,28+,29+,30+/m0/s1. The van der Waals surface area contributed by atoms with E-state index in [1.165, 1.54) is 24.8 Å². The number of ketones is 1. The first-order valence-electron chi connectivity index (χ1n) is 13.9. The minimum Gasteiger partial charge on any atom is -0.411 e. The fourth-order valence-corrected chi connectivity index (χ4v) is 11.4. The average molecular weight is 470 g/mol. The number of carbonyl (C=O) groups is 1. The van der Waals surface area contributed by atoms with Gasteiger partial charge in [-0.1, -0.05) is 39.8 Å². The highest BCUT2D eigenvalue weighted by atomic mass is 16.4. The molecule has 0 amide bonds. The first-order valence-corrected chi connectivity index (χ1v) is 13.9. The lowest BCUT2D eigenvalue weighted by Crippen LogP contribution is -2.67. The van der Waals surface area contributed by atoms with E-state index in [4.69, 9.17) is 0 Å². The molecule has 5 aliphatic carbocycles. The van der Waals surface area contributed by atoms with Crippen molar-refractivity contribution in [2.24, 2.45) is 61.8 Å². The first kappa shape index (κ1) is 24.5. The molecule has 0 aromatic rings. The lowest BCUT2D eigenvalue weighted by atomic mass is 9.32. The van der Waals surface area contributed by atoms with E-state index in [-0.39, 0.29) is 40.0 Å². The molecule has 0 aromatic heterocycles. The summed E-state index contributed by atoms with van der Waals surface area (Å²) in [5.74, 6) is 2.78. The van der Waals surface area contributed by atoms with Crippen molar-refractivity contribution in [3.05, 3.63) is 12.2 Å². The van der Waals surface area contributed by atoms with Crippen molar-refractivity contribution < 1.29 is 15.1 Å². The average Bonchev–Trinajstić information content (AvgIpc) is 3.17. The molecule has 0 bridgehead atoms. The van der Waals surface area contributed by atoms with Gasteiger partial charge in [0.1, 0.15) is 5.78 Å². The van der Waals surface area contributed by atoms with Crippen molar-refractivity contribution in [1.82, 2.24) is 0 Å². The number of hydrogen-bond donors (Lipinski definition) is 2. The third-order valence-corrected chi connectivity index (χ3v) is 13.3. The SMILES string of the molecule is C=C(C)[C@@H]1CC[C@]2(/C=N/O)CC[C@]3(C)C(CC[C@@H]4[C@@]5(C)CCC(=O)[C@@](C)(CO)[C@@H]5CC[C@]43C)[C@@H]12. The van der Waals surface area contributed by atoms with Gasteiger partial charge < -0.3 is 10.3 Å². The number of aliphatic hydroxyl groups excluding tert-OH is 1. The number of nitrogens with zero attached hydrogens (tertiary/aromatic N) is 1. The Hall–Kier alpha value is -1.16. The fourth-order valence-electron chi connectivity index (χ4n) is 11.4. The van der Waals surface area contributed by atoms with Crippen molar-refractivity contribution in [2.75, 3.05) is 6.61 Å². The summed E-state index contributed by atoms with van der Waals surface area (Å²) in [7, 11) is 0. The largest absolute Gasteiger partial charge is 0.411 e. The molecule has 0 aliphatic heterocycles. The number of fused-ring (bicyclic) bond motifs is 7. The van der Waals surface area contributed by atoms with Gasteiger partial charge in [0, 0.05) is 11.8 Å². The van der Waals surface area contributed by atoms with Crippen LogP contribution in [0.2, 0.25) is 0 Å². The van der Waals surface area contributed by atoms with Crippen molar-refractivity contribution in [1.29, 1.82) is 0 Å². The van der Waals surface area contributed by atoms with Crippen LogP contribution in [0.3, 0.4) is 0 Å². The van der Waals surface area contributed by atoms with E-state index in [1.54, 1.807) is 0 Å². The van der Waals surface area contributed by atoms with Crippen molar-refractivity contribution >= 4 is 12.0 Å². The van der Waals surface area contributed by atoms with Gasteiger partial charge >= 0.3 is 0 Å². The number of allylic oxidation sites excluding steroid dienone is 1. The van der Waals surface area contributed by atoms with Crippen LogP contribution in [0.5, 0.6) is 0 Å². The van der Waals surface area contributed by atoms with E-state index in [2.05, 4.69) is 39.4 Å². The molecule has 1 unspecified atom stereocenters. The molecule has 2 N–H and O–H groups in total. The van der Waals surface area contributed by atoms with E-state index in [1.807, 2.05) is 13.1 Å². The molecular weight excluding hydrogens is 422 g/mol. The van der Waals surface area contributed by atoms with Gasteiger partial charge in [-0.2, -0.15) is 0 Å². The number of oxime groups is 1. The van der Waals surface area contributed by atoms with E-state index in [0.29, 0.717) is 30.1 Å². The van der Waals surface area contributed by atoms with Gasteiger partial charge in [0.15, 0.2) is 0 Å². The lowest BCUT2D eigenvalue weighted by molar-refractivity contribution is -0.232. The molecule has 34 heavy (non-hydrogen) atoms. The summed E-state index contributed by atoms with van der Waals surface area (Å²) in [6.45, 7) is 16.3. The Morgan fingerprint density at radius 1 is 1.00 bits per heavy atom. The van der Waals surface area contributed by atoms with Gasteiger partial charge in [-0.15, -0.1) is 5.16 Å². The quantitative estimate of drug-likeness (QED) is 0.210. The number of hydrogen-bond acceptors (Lipinski definition) is 4. The van der Waals surface area contributed by atoms with Crippen LogP contribution in [-0.4, -0.2) is 28.9 Å². The molecular formula is C30H47NO3. The molecule has 5 fully saturated rings. The summed E-state index contributed by atoms with van der Waals surface area (Å²) < 4.78 is 0. The highest BCUT2D eigenvalue weighted by Crippen LogP contribution is 2.77. The van der Waals surface area contributed by atoms with Crippen LogP contribution in [0.4, 0.5) is 0 Å². The predicted octanol–water partition coefficient (Wildman–Crippen LogP) is 6.65. The minimum absolute atomic E-state index is 0.0131. The van der Waals surface area contributed by atoms with E-state index >= 15 is 0 Å². The van der Waals surface area contributed by atoms with Crippen molar-refractivity contribution in [2.45, 2.75) is 98.8 Å². The third kappa shape index (κ3) is 2.81. The molecule has 5 rings (SSSR count). The van der Waals surface area contributed by atoms with Crippen LogP contribution >= 0.6 is 0 Å². The molecule has 4 heteroatoms. The number of Topliss-reactive ketones (excluding diaryl/α,β-unsaturated/α-hetero) is 1. The van der Waals surface area contributed by atoms with Crippen molar-refractivity contribution in [3.63, 3.8) is 0 Å². The summed E-state index contributed by atoms with van der Waals surface area (Å²) >= 11 is 0. The van der Waals surface area contributed by atoms with Gasteiger partial charge in [0.25, 0.3) is 0 Å². The fraction of sp³-hybridized carbons (Fsp3) is 0.867. The number of carbonyl (C=O) groups excluding carboxylic acids is 1. The summed E-state index contributed by atoms with van der Waals surface area (Å²) in [4.78, 5) is 13.0. The Balaban J connectivity index is 1.56. The molecule has 5 aliphatic rings. The summed E-state index contributed by atoms with van der Waals surface area (Å²) in [6.07, 6.45) is 12.7. The number of aliphatic hydroxyl groups is 1. The summed E-state index contributed by atoms with van der Waals surface area (Å²) in [5.41, 5.74) is 1.30. The minimum atomic E-state index is -0.581. The highest BCUT2D eigenvalue weighted by Gasteiger charge is 2.71. The van der Waals surface area contributed by atoms with E-state index in [0.717, 1.165) is 38.5 Å². The maximum Gasteiger partial charge on any atom is 0.141 e. The molecule has 10 atom stereocenters. The molecule has 0 heterocycles. The number of rotatable bonds is 3. The van der Waals surface area contributed by atoms with E-state index in [9.17, 15) is 15.1 Å². The zero-order valence-electron chi connectivity index (χ0n) is 22.2.